The van der Waals surface area contributed by atoms with E-state index in [-0.39, 0.29) is 5.82 Å². The van der Waals surface area contributed by atoms with E-state index in [1.54, 1.807) is 6.07 Å². The highest BCUT2D eigenvalue weighted by Gasteiger charge is 2.52. The molecule has 1 aromatic heterocycles. The minimum Gasteiger partial charge on any atom is -0.398 e. The molecule has 0 amide bonds. The second-order valence-corrected chi connectivity index (χ2v) is 6.00. The molecule has 0 radical (unpaired) electrons. The number of ether oxygens (including phenoxy) is 1. The van der Waals surface area contributed by atoms with Gasteiger partial charge in [-0.3, -0.25) is 0 Å². The minimum absolute atomic E-state index is 0.135. The number of pyridine rings is 1. The minimum atomic E-state index is -3.15. The Morgan fingerprint density at radius 3 is 2.67 bits per heavy atom. The van der Waals surface area contributed by atoms with Crippen molar-refractivity contribution >= 4 is 18.5 Å². The van der Waals surface area contributed by atoms with Crippen molar-refractivity contribution in [2.24, 2.45) is 0 Å². The van der Waals surface area contributed by atoms with Crippen LogP contribution in [0.25, 0.3) is 0 Å². The number of rotatable bonds is 3. The van der Waals surface area contributed by atoms with Gasteiger partial charge in [-0.1, -0.05) is 6.07 Å². The molecule has 2 aliphatic rings. The summed E-state index contributed by atoms with van der Waals surface area (Å²) >= 11 is 0. The quantitative estimate of drug-likeness (QED) is 0.785. The van der Waals surface area contributed by atoms with Crippen LogP contribution in [0.3, 0.4) is 0 Å². The van der Waals surface area contributed by atoms with E-state index in [0.29, 0.717) is 10.5 Å². The Hall–Kier alpha value is -1.11. The van der Waals surface area contributed by atoms with Gasteiger partial charge in [0.05, 0.1) is 33.8 Å². The smallest absolute Gasteiger partial charge is 0.398 e. The van der Waals surface area contributed by atoms with Gasteiger partial charge in [0.2, 0.25) is 0 Å². The van der Waals surface area contributed by atoms with E-state index in [0.717, 1.165) is 0 Å². The molecule has 21 heavy (non-hydrogen) atoms. The largest absolute Gasteiger partial charge is 0.514 e. The van der Waals surface area contributed by atoms with Crippen molar-refractivity contribution in [3.8, 4) is 0 Å². The summed E-state index contributed by atoms with van der Waals surface area (Å²) in [5, 5.41) is 0. The number of nitrogens with zero attached hydrogens (tertiary/aromatic N) is 2. The van der Waals surface area contributed by atoms with Crippen LogP contribution < -0.4 is 10.5 Å². The molecule has 0 saturated carbocycles. The van der Waals surface area contributed by atoms with Crippen molar-refractivity contribution in [1.29, 1.82) is 0 Å². The van der Waals surface area contributed by atoms with Crippen molar-refractivity contribution in [2.75, 3.05) is 24.9 Å². The molecule has 1 aromatic rings. The van der Waals surface area contributed by atoms with Crippen LogP contribution in [-0.4, -0.2) is 49.4 Å². The van der Waals surface area contributed by atoms with Crippen LogP contribution >= 0.6 is 0 Å². The van der Waals surface area contributed by atoms with E-state index in [4.69, 9.17) is 20.3 Å². The molecular weight excluding hydrogens is 267 g/mol. The molecule has 3 rings (SSSR count). The van der Waals surface area contributed by atoms with Crippen LogP contribution in [0.5, 0.6) is 0 Å². The maximum Gasteiger partial charge on any atom is 0.514 e. The van der Waals surface area contributed by atoms with Gasteiger partial charge in [0.1, 0.15) is 5.82 Å². The van der Waals surface area contributed by atoms with Gasteiger partial charge < -0.3 is 18.9 Å². The highest BCUT2D eigenvalue weighted by molar-refractivity contribution is 6.61. The van der Waals surface area contributed by atoms with Gasteiger partial charge in [0.15, 0.2) is 0 Å². The molecule has 2 aliphatic heterocycles. The lowest BCUT2D eigenvalue weighted by Crippen LogP contribution is -2.52. The fourth-order valence-corrected chi connectivity index (χ4v) is 2.02. The van der Waals surface area contributed by atoms with E-state index in [1.807, 2.05) is 27.7 Å². The summed E-state index contributed by atoms with van der Waals surface area (Å²) in [6.07, 6.45) is -2.98. The van der Waals surface area contributed by atoms with Crippen LogP contribution in [0.4, 0.5) is 5.82 Å². The molecule has 0 atom stereocenters. The Bertz CT molecular complexity index is 785. The summed E-state index contributed by atoms with van der Waals surface area (Å²) in [6, 6.07) is 4.49. The lowest BCUT2D eigenvalue weighted by atomic mass is 9.84. The van der Waals surface area contributed by atoms with Crippen LogP contribution in [0.15, 0.2) is 18.2 Å². The first-order chi connectivity index (χ1) is 12.9. The third kappa shape index (κ3) is 2.56. The van der Waals surface area contributed by atoms with Gasteiger partial charge in [-0.2, -0.15) is 0 Å². The van der Waals surface area contributed by atoms with Crippen molar-refractivity contribution in [1.82, 2.24) is 4.98 Å². The first kappa shape index (κ1) is 7.95. The maximum absolute atomic E-state index is 8.15. The van der Waals surface area contributed by atoms with Gasteiger partial charge in [-0.25, -0.2) is 4.98 Å². The summed E-state index contributed by atoms with van der Waals surface area (Å²) in [5.41, 5.74) is -0.953. The molecule has 6 heteroatoms. The zero-order chi connectivity index (χ0) is 22.3. The van der Waals surface area contributed by atoms with Crippen LogP contribution in [-0.2, 0) is 14.0 Å². The number of methoxy groups -OCH3 is 1. The third-order valence-corrected chi connectivity index (χ3v) is 4.01. The Balaban J connectivity index is 1.94. The topological polar surface area (TPSA) is 43.8 Å². The molecule has 0 aromatic carbocycles. The molecule has 3 heterocycles. The molecule has 0 aliphatic carbocycles. The van der Waals surface area contributed by atoms with E-state index >= 15 is 0 Å². The lowest BCUT2D eigenvalue weighted by Gasteiger charge is -2.39. The standard InChI is InChI=1S/C15H23BN2O3/c1-14(2)15(3,4)21-16(20-14)12-7-6-8-13(17-12)18-9-11(10-18)19-5/h6-8,11H,9-10H2,1-5H3/i5D3,9D2,10D2,11D. The fraction of sp³-hybridized carbons (Fsp3) is 0.667. The molecule has 5 nitrogen and oxygen atoms in total. The molecule has 114 valence electrons. The van der Waals surface area contributed by atoms with Gasteiger partial charge in [-0.15, -0.1) is 0 Å². The molecular formula is C15H23BN2O3. The van der Waals surface area contributed by atoms with Gasteiger partial charge >= 0.3 is 7.12 Å². The SMILES string of the molecule is [2H]C([2H])([2H])OC1([2H])C([2H])([2H])N(c2cccc(B3OC(C)(C)C(C)(C)O3)n2)C1([2H])[2H]. The molecule has 2 fully saturated rings. The highest BCUT2D eigenvalue weighted by Crippen LogP contribution is 2.36. The summed E-state index contributed by atoms with van der Waals surface area (Å²) in [5.74, 6) is -0.135. The second-order valence-electron chi connectivity index (χ2n) is 6.00. The normalized spacial score (nSPS) is 36.8. The van der Waals surface area contributed by atoms with E-state index < -0.39 is 44.4 Å². The molecule has 0 unspecified atom stereocenters. The fourth-order valence-electron chi connectivity index (χ4n) is 2.02. The Morgan fingerprint density at radius 2 is 2.05 bits per heavy atom. The Kier molecular flexibility index (Phi) is 1.88. The van der Waals surface area contributed by atoms with Crippen LogP contribution in [0.2, 0.25) is 0 Å². The van der Waals surface area contributed by atoms with Gasteiger partial charge in [0, 0.05) is 20.0 Å². The molecule has 0 bridgehead atoms. The second kappa shape index (κ2) is 4.97. The van der Waals surface area contributed by atoms with Crippen LogP contribution in [0.1, 0.15) is 38.7 Å². The van der Waals surface area contributed by atoms with Gasteiger partial charge in [-0.05, 0) is 39.8 Å². The first-order valence-electron chi connectivity index (χ1n) is 10.7. The summed E-state index contributed by atoms with van der Waals surface area (Å²) in [6.45, 7) is 1.86. The molecule has 0 spiro atoms. The van der Waals surface area contributed by atoms with Crippen LogP contribution in [0, 0.1) is 0 Å². The zero-order valence-corrected chi connectivity index (χ0v) is 12.4. The number of aromatic nitrogens is 1. The van der Waals surface area contributed by atoms with E-state index in [9.17, 15) is 0 Å². The highest BCUT2D eigenvalue weighted by atomic mass is 16.7. The van der Waals surface area contributed by atoms with E-state index in [2.05, 4.69) is 9.72 Å². The molecule has 2 saturated heterocycles. The average molecular weight is 298 g/mol. The lowest BCUT2D eigenvalue weighted by molar-refractivity contribution is 0.00578. The number of hydrogen-bond acceptors (Lipinski definition) is 5. The van der Waals surface area contributed by atoms with Crippen molar-refractivity contribution in [3.05, 3.63) is 18.2 Å². The summed E-state index contributed by atoms with van der Waals surface area (Å²) < 4.78 is 78.5. The molecule has 0 N–H and O–H groups in total. The summed E-state index contributed by atoms with van der Waals surface area (Å²) in [7, 11) is -4.00. The Morgan fingerprint density at radius 1 is 1.38 bits per heavy atom. The number of hydrogen-bond donors (Lipinski definition) is 0. The van der Waals surface area contributed by atoms with E-state index in [1.165, 1.54) is 12.1 Å². The maximum atomic E-state index is 8.15. The predicted molar refractivity (Wildman–Crippen MR) is 83.0 cm³/mol. The monoisotopic (exact) mass is 298 g/mol. The number of anilines is 1. The zero-order valence-electron chi connectivity index (χ0n) is 20.4. The third-order valence-electron chi connectivity index (χ3n) is 4.01. The first-order valence-corrected chi connectivity index (χ1v) is 6.69. The summed E-state index contributed by atoms with van der Waals surface area (Å²) in [4.78, 5) is 4.87. The predicted octanol–water partition coefficient (Wildman–Crippen LogP) is 1.22. The van der Waals surface area contributed by atoms with Gasteiger partial charge in [0.25, 0.3) is 0 Å². The van der Waals surface area contributed by atoms with Crippen molar-refractivity contribution in [3.63, 3.8) is 0 Å². The average Bonchev–Trinajstić information content (AvgIpc) is 2.73. The Labute approximate surface area is 138 Å². The van der Waals surface area contributed by atoms with Crippen molar-refractivity contribution < 1.29 is 25.0 Å². The van der Waals surface area contributed by atoms with Crippen molar-refractivity contribution in [2.45, 2.75) is 45.0 Å².